The molecule has 1 saturated heterocycles. The molecule has 1 aromatic rings. The van der Waals surface area contributed by atoms with Gasteiger partial charge in [0, 0.05) is 25.2 Å². The van der Waals surface area contributed by atoms with E-state index in [9.17, 15) is 0 Å². The molecule has 1 N–H and O–H groups in total. The third-order valence-corrected chi connectivity index (χ3v) is 3.20. The molecule has 94 valence electrons. The van der Waals surface area contributed by atoms with Gasteiger partial charge in [0.15, 0.2) is 0 Å². The molecule has 2 rings (SSSR count). The maximum Gasteiger partial charge on any atom is 0.134 e. The van der Waals surface area contributed by atoms with Gasteiger partial charge in [-0.15, -0.1) is 0 Å². The van der Waals surface area contributed by atoms with Crippen LogP contribution in [0.4, 0.5) is 11.6 Å². The lowest BCUT2D eigenvalue weighted by atomic mass is 9.99. The fraction of sp³-hybridized carbons (Fsp3) is 0.692. The Balaban J connectivity index is 2.05. The molecule has 1 aromatic heterocycles. The molecule has 0 radical (unpaired) electrons. The molecule has 1 aliphatic rings. The standard InChI is InChI=1S/C13H22N4/c1-10(2)16-12-8-13(15-9-14-12)17-6-4-11(3)5-7-17/h8-11H,4-7H2,1-3H3,(H,14,15,16). The number of hydrogen-bond acceptors (Lipinski definition) is 4. The van der Waals surface area contributed by atoms with Gasteiger partial charge >= 0.3 is 0 Å². The summed E-state index contributed by atoms with van der Waals surface area (Å²) in [4.78, 5) is 11.0. The van der Waals surface area contributed by atoms with Crippen LogP contribution < -0.4 is 10.2 Å². The SMILES string of the molecule is CC1CCN(c2cc(NC(C)C)ncn2)CC1. The lowest BCUT2D eigenvalue weighted by molar-refractivity contribution is 0.436. The zero-order valence-electron chi connectivity index (χ0n) is 11.0. The molecule has 0 aromatic carbocycles. The van der Waals surface area contributed by atoms with E-state index < -0.39 is 0 Å². The van der Waals surface area contributed by atoms with E-state index in [1.807, 2.05) is 0 Å². The predicted octanol–water partition coefficient (Wildman–Crippen LogP) is 2.53. The van der Waals surface area contributed by atoms with Gasteiger partial charge in [0.05, 0.1) is 0 Å². The molecule has 0 spiro atoms. The van der Waals surface area contributed by atoms with Gasteiger partial charge in [-0.2, -0.15) is 0 Å². The van der Waals surface area contributed by atoms with Crippen LogP contribution in [0.15, 0.2) is 12.4 Å². The van der Waals surface area contributed by atoms with E-state index in [1.54, 1.807) is 6.33 Å². The van der Waals surface area contributed by atoms with Crippen molar-refractivity contribution in [2.45, 2.75) is 39.7 Å². The van der Waals surface area contributed by atoms with E-state index >= 15 is 0 Å². The first-order valence-corrected chi connectivity index (χ1v) is 6.48. The van der Waals surface area contributed by atoms with Gasteiger partial charge in [0.2, 0.25) is 0 Å². The van der Waals surface area contributed by atoms with Crippen LogP contribution >= 0.6 is 0 Å². The average molecular weight is 234 g/mol. The minimum atomic E-state index is 0.402. The first-order chi connectivity index (χ1) is 8.15. The highest BCUT2D eigenvalue weighted by Crippen LogP contribution is 2.22. The molecular formula is C13H22N4. The van der Waals surface area contributed by atoms with Crippen molar-refractivity contribution in [2.24, 2.45) is 5.92 Å². The Labute approximate surface area is 103 Å². The van der Waals surface area contributed by atoms with Crippen molar-refractivity contribution in [3.8, 4) is 0 Å². The van der Waals surface area contributed by atoms with Crippen molar-refractivity contribution in [3.05, 3.63) is 12.4 Å². The Hall–Kier alpha value is -1.32. The molecule has 17 heavy (non-hydrogen) atoms. The van der Waals surface area contributed by atoms with Crippen molar-refractivity contribution >= 4 is 11.6 Å². The third-order valence-electron chi connectivity index (χ3n) is 3.20. The fourth-order valence-corrected chi connectivity index (χ4v) is 2.13. The molecule has 0 saturated carbocycles. The van der Waals surface area contributed by atoms with Crippen molar-refractivity contribution in [1.29, 1.82) is 0 Å². The zero-order chi connectivity index (χ0) is 12.3. The summed E-state index contributed by atoms with van der Waals surface area (Å²) < 4.78 is 0. The van der Waals surface area contributed by atoms with Gasteiger partial charge in [0.25, 0.3) is 0 Å². The summed E-state index contributed by atoms with van der Waals surface area (Å²) in [5.41, 5.74) is 0. The maximum absolute atomic E-state index is 4.37. The van der Waals surface area contributed by atoms with E-state index in [4.69, 9.17) is 0 Å². The predicted molar refractivity (Wildman–Crippen MR) is 71.4 cm³/mol. The monoisotopic (exact) mass is 234 g/mol. The highest BCUT2D eigenvalue weighted by Gasteiger charge is 2.17. The molecule has 0 bridgehead atoms. The molecule has 2 heterocycles. The number of piperidine rings is 1. The first-order valence-electron chi connectivity index (χ1n) is 6.48. The normalized spacial score (nSPS) is 17.5. The van der Waals surface area contributed by atoms with Gasteiger partial charge in [0.1, 0.15) is 18.0 Å². The largest absolute Gasteiger partial charge is 0.368 e. The summed E-state index contributed by atoms with van der Waals surface area (Å²) >= 11 is 0. The van der Waals surface area contributed by atoms with E-state index in [1.165, 1.54) is 12.8 Å². The molecular weight excluding hydrogens is 212 g/mol. The Kier molecular flexibility index (Phi) is 3.82. The Bertz CT molecular complexity index is 356. The number of anilines is 2. The highest BCUT2D eigenvalue weighted by atomic mass is 15.2. The quantitative estimate of drug-likeness (QED) is 0.872. The van der Waals surface area contributed by atoms with E-state index in [2.05, 4.69) is 47.0 Å². The smallest absolute Gasteiger partial charge is 0.134 e. The molecule has 0 amide bonds. The number of hydrogen-bond donors (Lipinski definition) is 1. The third kappa shape index (κ3) is 3.32. The molecule has 0 aliphatic carbocycles. The molecule has 4 heteroatoms. The number of aromatic nitrogens is 2. The summed E-state index contributed by atoms with van der Waals surface area (Å²) in [7, 11) is 0. The van der Waals surface area contributed by atoms with Gasteiger partial charge in [-0.3, -0.25) is 0 Å². The minimum absolute atomic E-state index is 0.402. The summed E-state index contributed by atoms with van der Waals surface area (Å²) in [6.07, 6.45) is 4.17. The van der Waals surface area contributed by atoms with Crippen molar-refractivity contribution in [3.63, 3.8) is 0 Å². The van der Waals surface area contributed by atoms with Crippen molar-refractivity contribution in [1.82, 2.24) is 9.97 Å². The second-order valence-corrected chi connectivity index (χ2v) is 5.23. The van der Waals surface area contributed by atoms with Crippen LogP contribution in [0.25, 0.3) is 0 Å². The zero-order valence-corrected chi connectivity index (χ0v) is 11.0. The first kappa shape index (κ1) is 12.1. The average Bonchev–Trinajstić information content (AvgIpc) is 2.29. The minimum Gasteiger partial charge on any atom is -0.368 e. The van der Waals surface area contributed by atoms with Gasteiger partial charge in [-0.05, 0) is 32.6 Å². The topological polar surface area (TPSA) is 41.0 Å². The molecule has 4 nitrogen and oxygen atoms in total. The van der Waals surface area contributed by atoms with Gasteiger partial charge < -0.3 is 10.2 Å². The van der Waals surface area contributed by atoms with Crippen LogP contribution in [0.1, 0.15) is 33.6 Å². The maximum atomic E-state index is 4.37. The van der Waals surface area contributed by atoms with Gasteiger partial charge in [-0.25, -0.2) is 9.97 Å². The van der Waals surface area contributed by atoms with Crippen LogP contribution in [-0.4, -0.2) is 29.1 Å². The summed E-state index contributed by atoms with van der Waals surface area (Å²) in [6, 6.07) is 2.45. The fourth-order valence-electron chi connectivity index (χ4n) is 2.13. The molecule has 0 unspecified atom stereocenters. The summed E-state index contributed by atoms with van der Waals surface area (Å²) in [6.45, 7) is 8.77. The molecule has 1 fully saturated rings. The Morgan fingerprint density at radius 2 is 2.00 bits per heavy atom. The van der Waals surface area contributed by atoms with Crippen molar-refractivity contribution < 1.29 is 0 Å². The molecule has 1 aliphatic heterocycles. The number of nitrogens with one attached hydrogen (secondary N) is 1. The van der Waals surface area contributed by atoms with Crippen LogP contribution in [0.2, 0.25) is 0 Å². The van der Waals surface area contributed by atoms with E-state index in [0.29, 0.717) is 6.04 Å². The van der Waals surface area contributed by atoms with Crippen molar-refractivity contribution in [2.75, 3.05) is 23.3 Å². The van der Waals surface area contributed by atoms with Crippen LogP contribution in [0, 0.1) is 5.92 Å². The highest BCUT2D eigenvalue weighted by molar-refractivity contribution is 5.48. The number of rotatable bonds is 3. The lowest BCUT2D eigenvalue weighted by Gasteiger charge is -2.31. The Morgan fingerprint density at radius 1 is 1.29 bits per heavy atom. The summed E-state index contributed by atoms with van der Waals surface area (Å²) in [5.74, 6) is 2.82. The van der Waals surface area contributed by atoms with Crippen LogP contribution in [0.5, 0.6) is 0 Å². The lowest BCUT2D eigenvalue weighted by Crippen LogP contribution is -2.33. The van der Waals surface area contributed by atoms with Crippen LogP contribution in [-0.2, 0) is 0 Å². The van der Waals surface area contributed by atoms with Gasteiger partial charge in [-0.1, -0.05) is 6.92 Å². The van der Waals surface area contributed by atoms with Crippen LogP contribution in [0.3, 0.4) is 0 Å². The second kappa shape index (κ2) is 5.34. The molecule has 0 atom stereocenters. The summed E-state index contributed by atoms with van der Waals surface area (Å²) in [5, 5.41) is 3.32. The second-order valence-electron chi connectivity index (χ2n) is 5.23. The van der Waals surface area contributed by atoms with E-state index in [0.717, 1.165) is 30.6 Å². The number of nitrogens with zero attached hydrogens (tertiary/aromatic N) is 3. The Morgan fingerprint density at radius 3 is 2.65 bits per heavy atom. The van der Waals surface area contributed by atoms with E-state index in [-0.39, 0.29) is 0 Å².